The first-order valence-corrected chi connectivity index (χ1v) is 10.6. The van der Waals surface area contributed by atoms with Crippen molar-refractivity contribution < 1.29 is 23.8 Å². The van der Waals surface area contributed by atoms with E-state index in [1.165, 1.54) is 0 Å². The summed E-state index contributed by atoms with van der Waals surface area (Å²) in [4.78, 5) is 24.9. The van der Waals surface area contributed by atoms with E-state index in [-0.39, 0.29) is 30.6 Å². The number of amides is 2. The lowest BCUT2D eigenvalue weighted by atomic mass is 9.74. The second-order valence-electron chi connectivity index (χ2n) is 8.30. The summed E-state index contributed by atoms with van der Waals surface area (Å²) in [5, 5.41) is 5.72. The number of fused-ring (bicyclic) bond motifs is 1. The van der Waals surface area contributed by atoms with Crippen LogP contribution in [-0.2, 0) is 14.9 Å². The van der Waals surface area contributed by atoms with Gasteiger partial charge in [-0.15, -0.1) is 0 Å². The molecule has 2 aromatic carbocycles. The minimum absolute atomic E-state index is 0.0699. The maximum atomic E-state index is 12.5. The zero-order valence-corrected chi connectivity index (χ0v) is 18.0. The maximum Gasteiger partial charge on any atom is 0.251 e. The van der Waals surface area contributed by atoms with Crippen LogP contribution >= 0.6 is 0 Å². The fraction of sp³-hybridized carbons (Fsp3) is 0.417. The highest BCUT2D eigenvalue weighted by Gasteiger charge is 2.36. The molecular weight excluding hydrogens is 396 g/mol. The van der Waals surface area contributed by atoms with Crippen LogP contribution in [0.4, 0.5) is 0 Å². The quantitative estimate of drug-likeness (QED) is 0.745. The molecule has 31 heavy (non-hydrogen) atoms. The summed E-state index contributed by atoms with van der Waals surface area (Å²) in [6.45, 7) is 5.78. The Bertz CT molecular complexity index is 962. The van der Waals surface area contributed by atoms with E-state index in [0.717, 1.165) is 41.0 Å². The van der Waals surface area contributed by atoms with Crippen LogP contribution in [0.15, 0.2) is 36.4 Å². The van der Waals surface area contributed by atoms with Gasteiger partial charge in [-0.1, -0.05) is 23.3 Å². The lowest BCUT2D eigenvalue weighted by Crippen LogP contribution is -2.47. The first kappa shape index (κ1) is 21.2. The zero-order chi connectivity index (χ0) is 21.8. The molecule has 0 aromatic heterocycles. The molecule has 0 bridgehead atoms. The number of rotatable bonds is 6. The van der Waals surface area contributed by atoms with Gasteiger partial charge in [-0.25, -0.2) is 0 Å². The van der Waals surface area contributed by atoms with E-state index in [4.69, 9.17) is 14.2 Å². The average Bonchev–Trinajstić information content (AvgIpc) is 3.24. The second-order valence-corrected chi connectivity index (χ2v) is 8.30. The molecule has 7 heteroatoms. The van der Waals surface area contributed by atoms with Gasteiger partial charge in [-0.05, 0) is 56.5 Å². The predicted molar refractivity (Wildman–Crippen MR) is 116 cm³/mol. The van der Waals surface area contributed by atoms with Gasteiger partial charge in [0, 0.05) is 30.7 Å². The van der Waals surface area contributed by atoms with Gasteiger partial charge in [0.2, 0.25) is 12.7 Å². The third-order valence-electron chi connectivity index (χ3n) is 5.95. The highest BCUT2D eigenvalue weighted by Crippen LogP contribution is 2.40. The lowest BCUT2D eigenvalue weighted by Gasteiger charge is -2.38. The Morgan fingerprint density at radius 2 is 1.65 bits per heavy atom. The molecule has 2 heterocycles. The fourth-order valence-electron chi connectivity index (χ4n) is 4.25. The van der Waals surface area contributed by atoms with Gasteiger partial charge in [-0.2, -0.15) is 0 Å². The molecule has 7 nitrogen and oxygen atoms in total. The normalized spacial score (nSPS) is 16.6. The Balaban J connectivity index is 1.38. The molecule has 1 saturated heterocycles. The minimum Gasteiger partial charge on any atom is -0.454 e. The lowest BCUT2D eigenvalue weighted by molar-refractivity contribution is -0.120. The van der Waals surface area contributed by atoms with Crippen molar-refractivity contribution in [3.8, 4) is 11.5 Å². The molecule has 0 saturated carbocycles. The molecule has 1 fully saturated rings. The molecule has 0 radical (unpaired) electrons. The fourth-order valence-corrected chi connectivity index (χ4v) is 4.25. The number of hydrogen-bond acceptors (Lipinski definition) is 5. The summed E-state index contributed by atoms with van der Waals surface area (Å²) in [6, 6.07) is 11.6. The van der Waals surface area contributed by atoms with Gasteiger partial charge in [0.1, 0.15) is 0 Å². The van der Waals surface area contributed by atoms with E-state index < -0.39 is 0 Å². The smallest absolute Gasteiger partial charge is 0.251 e. The Morgan fingerprint density at radius 3 is 2.39 bits per heavy atom. The maximum absolute atomic E-state index is 12.5. The van der Waals surface area contributed by atoms with Gasteiger partial charge in [0.25, 0.3) is 5.91 Å². The molecule has 2 amide bonds. The van der Waals surface area contributed by atoms with E-state index in [9.17, 15) is 9.59 Å². The first-order chi connectivity index (χ1) is 14.9. The standard InChI is InChI=1S/C24H28N2O5/c1-16-9-17(2)11-18(10-16)23(28)25-13-22(27)26-14-24(5-7-29-8-6-24)19-3-4-20-21(12-19)31-15-30-20/h3-4,9-12H,5-8,13-15H2,1-2H3,(H,25,28)(H,26,27). The number of hydrogen-bond donors (Lipinski definition) is 2. The van der Waals surface area contributed by atoms with Crippen molar-refractivity contribution in [2.75, 3.05) is 33.1 Å². The highest BCUT2D eigenvalue weighted by molar-refractivity contribution is 5.96. The third-order valence-corrected chi connectivity index (χ3v) is 5.95. The van der Waals surface area contributed by atoms with Crippen LogP contribution in [0.25, 0.3) is 0 Å². The third kappa shape index (κ3) is 4.82. The van der Waals surface area contributed by atoms with E-state index in [0.29, 0.717) is 25.3 Å². The molecule has 164 valence electrons. The van der Waals surface area contributed by atoms with E-state index in [2.05, 4.69) is 10.6 Å². The van der Waals surface area contributed by atoms with Crippen molar-refractivity contribution in [3.63, 3.8) is 0 Å². The molecule has 0 spiro atoms. The topological polar surface area (TPSA) is 85.9 Å². The van der Waals surface area contributed by atoms with E-state index >= 15 is 0 Å². The van der Waals surface area contributed by atoms with Crippen molar-refractivity contribution in [3.05, 3.63) is 58.7 Å². The molecule has 2 aliphatic rings. The van der Waals surface area contributed by atoms with Crippen LogP contribution in [0.3, 0.4) is 0 Å². The monoisotopic (exact) mass is 424 g/mol. The summed E-state index contributed by atoms with van der Waals surface area (Å²) >= 11 is 0. The summed E-state index contributed by atoms with van der Waals surface area (Å²) in [5.41, 5.74) is 3.44. The molecule has 2 aliphatic heterocycles. The van der Waals surface area contributed by atoms with E-state index in [1.807, 2.05) is 50.2 Å². The number of ether oxygens (including phenoxy) is 3. The molecule has 0 aliphatic carbocycles. The Hall–Kier alpha value is -3.06. The molecule has 2 aromatic rings. The van der Waals surface area contributed by atoms with Crippen LogP contribution in [0, 0.1) is 13.8 Å². The van der Waals surface area contributed by atoms with Crippen molar-refractivity contribution in [2.45, 2.75) is 32.1 Å². The summed E-state index contributed by atoms with van der Waals surface area (Å²) in [6.07, 6.45) is 1.59. The van der Waals surface area contributed by atoms with Crippen LogP contribution in [0.5, 0.6) is 11.5 Å². The molecule has 2 N–H and O–H groups in total. The Morgan fingerprint density at radius 1 is 0.935 bits per heavy atom. The zero-order valence-electron chi connectivity index (χ0n) is 18.0. The molecule has 4 rings (SSSR count). The number of aryl methyl sites for hydroxylation is 2. The van der Waals surface area contributed by atoms with Gasteiger partial charge >= 0.3 is 0 Å². The van der Waals surface area contributed by atoms with E-state index in [1.54, 1.807) is 0 Å². The largest absolute Gasteiger partial charge is 0.454 e. The number of benzene rings is 2. The first-order valence-electron chi connectivity index (χ1n) is 10.6. The van der Waals surface area contributed by atoms with Crippen molar-refractivity contribution >= 4 is 11.8 Å². The molecule has 0 unspecified atom stereocenters. The summed E-state index contributed by atoms with van der Waals surface area (Å²) in [5.74, 6) is 1.00. The van der Waals surface area contributed by atoms with Crippen LogP contribution in [-0.4, -0.2) is 44.9 Å². The minimum atomic E-state index is -0.251. The number of nitrogens with one attached hydrogen (secondary N) is 2. The van der Waals surface area contributed by atoms with Gasteiger partial charge in [-0.3, -0.25) is 9.59 Å². The Kier molecular flexibility index (Phi) is 6.13. The van der Waals surface area contributed by atoms with Gasteiger partial charge in [0.15, 0.2) is 11.5 Å². The summed E-state index contributed by atoms with van der Waals surface area (Å²) < 4.78 is 16.5. The second kappa shape index (κ2) is 8.98. The SMILES string of the molecule is Cc1cc(C)cc(C(=O)NCC(=O)NCC2(c3ccc4c(c3)OCO4)CCOCC2)c1. The van der Waals surface area contributed by atoms with Gasteiger partial charge in [0.05, 0.1) is 6.54 Å². The molecular formula is C24H28N2O5. The van der Waals surface area contributed by atoms with Crippen LogP contribution in [0.1, 0.15) is 39.9 Å². The summed E-state index contributed by atoms with van der Waals surface area (Å²) in [7, 11) is 0. The van der Waals surface area contributed by atoms with Crippen molar-refractivity contribution in [1.29, 1.82) is 0 Å². The van der Waals surface area contributed by atoms with Crippen LogP contribution in [0.2, 0.25) is 0 Å². The Labute approximate surface area is 182 Å². The average molecular weight is 424 g/mol. The van der Waals surface area contributed by atoms with Crippen molar-refractivity contribution in [2.24, 2.45) is 0 Å². The predicted octanol–water partition coefficient (Wildman–Crippen LogP) is 2.63. The van der Waals surface area contributed by atoms with Crippen LogP contribution < -0.4 is 20.1 Å². The highest BCUT2D eigenvalue weighted by atomic mass is 16.7. The number of carbonyl (C=O) groups is 2. The van der Waals surface area contributed by atoms with Crippen molar-refractivity contribution in [1.82, 2.24) is 10.6 Å². The number of carbonyl (C=O) groups excluding carboxylic acids is 2. The molecule has 0 atom stereocenters. The van der Waals surface area contributed by atoms with Gasteiger partial charge < -0.3 is 24.8 Å².